The van der Waals surface area contributed by atoms with E-state index in [4.69, 9.17) is 0 Å². The minimum absolute atomic E-state index is 0.0840. The van der Waals surface area contributed by atoms with E-state index in [0.29, 0.717) is 11.4 Å². The highest BCUT2D eigenvalue weighted by atomic mass is 32.1. The van der Waals surface area contributed by atoms with Crippen LogP contribution >= 0.6 is 22.7 Å². The summed E-state index contributed by atoms with van der Waals surface area (Å²) in [5.41, 5.74) is 2.74. The normalized spacial score (nSPS) is 12.3. The molecule has 0 aliphatic heterocycles. The van der Waals surface area contributed by atoms with E-state index < -0.39 is 0 Å². The number of aryl methyl sites for hydroxylation is 1. The van der Waals surface area contributed by atoms with Crippen LogP contribution in [0.25, 0.3) is 10.7 Å². The average molecular weight is 373 g/mol. The van der Waals surface area contributed by atoms with Crippen molar-refractivity contribution in [1.29, 1.82) is 0 Å². The number of thiazole rings is 1. The zero-order valence-electron chi connectivity index (χ0n) is 14.4. The van der Waals surface area contributed by atoms with Crippen molar-refractivity contribution < 1.29 is 4.79 Å². The number of nitrogens with one attached hydrogen (secondary N) is 1. The van der Waals surface area contributed by atoms with Gasteiger partial charge in [-0.1, -0.05) is 6.07 Å². The molecule has 0 unspecified atom stereocenters. The van der Waals surface area contributed by atoms with Crippen LogP contribution in [-0.4, -0.2) is 41.4 Å². The molecule has 0 fully saturated rings. The van der Waals surface area contributed by atoms with Crippen molar-refractivity contribution in [3.8, 4) is 10.7 Å². The van der Waals surface area contributed by atoms with Crippen molar-refractivity contribution in [1.82, 2.24) is 20.2 Å². The first-order valence-corrected chi connectivity index (χ1v) is 9.67. The van der Waals surface area contributed by atoms with Crippen LogP contribution in [0.2, 0.25) is 0 Å². The van der Waals surface area contributed by atoms with Crippen LogP contribution in [0.5, 0.6) is 0 Å². The Morgan fingerprint density at radius 3 is 2.80 bits per heavy atom. The number of rotatable bonds is 6. The standard InChI is InChI=1S/C18H20N4OS2/c1-12-16(25-18(21-12)14-6-4-5-8-19-14)17(23)20-10-15(22(2)3)13-7-9-24-11-13/h4-9,11,15H,10H2,1-3H3,(H,20,23)/t15-/m1/s1. The maximum absolute atomic E-state index is 12.6. The molecule has 3 rings (SSSR count). The fourth-order valence-corrected chi connectivity index (χ4v) is 4.21. The van der Waals surface area contributed by atoms with Crippen molar-refractivity contribution in [2.75, 3.05) is 20.6 Å². The van der Waals surface area contributed by atoms with Gasteiger partial charge in [0, 0.05) is 12.7 Å². The van der Waals surface area contributed by atoms with Gasteiger partial charge in [0.25, 0.3) is 5.91 Å². The Kier molecular flexibility index (Phi) is 5.57. The molecule has 7 heteroatoms. The quantitative estimate of drug-likeness (QED) is 0.718. The van der Waals surface area contributed by atoms with E-state index in [2.05, 4.69) is 37.0 Å². The summed E-state index contributed by atoms with van der Waals surface area (Å²) in [5, 5.41) is 7.99. The van der Waals surface area contributed by atoms with Gasteiger partial charge in [0.15, 0.2) is 0 Å². The number of amides is 1. The first-order valence-electron chi connectivity index (χ1n) is 7.92. The van der Waals surface area contributed by atoms with E-state index in [1.54, 1.807) is 17.5 Å². The van der Waals surface area contributed by atoms with Crippen LogP contribution in [-0.2, 0) is 0 Å². The summed E-state index contributed by atoms with van der Waals surface area (Å²) in [6, 6.07) is 7.93. The molecule has 0 saturated carbocycles. The summed E-state index contributed by atoms with van der Waals surface area (Å²) in [6.07, 6.45) is 1.73. The van der Waals surface area contributed by atoms with Gasteiger partial charge < -0.3 is 10.2 Å². The maximum Gasteiger partial charge on any atom is 0.263 e. The van der Waals surface area contributed by atoms with E-state index >= 15 is 0 Å². The summed E-state index contributed by atoms with van der Waals surface area (Å²) < 4.78 is 0. The number of aromatic nitrogens is 2. The van der Waals surface area contributed by atoms with Crippen molar-refractivity contribution >= 4 is 28.6 Å². The summed E-state index contributed by atoms with van der Waals surface area (Å²) >= 11 is 3.05. The molecular weight excluding hydrogens is 352 g/mol. The van der Waals surface area contributed by atoms with E-state index in [9.17, 15) is 4.79 Å². The number of hydrogen-bond acceptors (Lipinski definition) is 6. The van der Waals surface area contributed by atoms with Gasteiger partial charge in [-0.3, -0.25) is 9.78 Å². The zero-order valence-corrected chi connectivity index (χ0v) is 16.0. The number of nitrogens with zero attached hydrogens (tertiary/aromatic N) is 3. The molecular formula is C18H20N4OS2. The molecule has 130 valence electrons. The van der Waals surface area contributed by atoms with Gasteiger partial charge in [0.1, 0.15) is 9.88 Å². The molecule has 5 nitrogen and oxygen atoms in total. The predicted octanol–water partition coefficient (Wildman–Crippen LogP) is 3.61. The van der Waals surface area contributed by atoms with Gasteiger partial charge in [0.2, 0.25) is 0 Å². The Morgan fingerprint density at radius 2 is 2.16 bits per heavy atom. The summed E-state index contributed by atoms with van der Waals surface area (Å²) in [4.78, 5) is 24.2. The second-order valence-electron chi connectivity index (χ2n) is 5.89. The van der Waals surface area contributed by atoms with Gasteiger partial charge in [0.05, 0.1) is 17.4 Å². The van der Waals surface area contributed by atoms with Gasteiger partial charge in [-0.2, -0.15) is 11.3 Å². The SMILES string of the molecule is Cc1nc(-c2ccccn2)sc1C(=O)NC[C@H](c1ccsc1)N(C)C. The van der Waals surface area contributed by atoms with Gasteiger partial charge in [-0.15, -0.1) is 11.3 Å². The van der Waals surface area contributed by atoms with Crippen LogP contribution in [0.3, 0.4) is 0 Å². The minimum atomic E-state index is -0.0840. The molecule has 1 amide bonds. The number of carbonyl (C=O) groups excluding carboxylic acids is 1. The zero-order chi connectivity index (χ0) is 17.8. The molecule has 0 bridgehead atoms. The Labute approximate surface area is 155 Å². The highest BCUT2D eigenvalue weighted by Crippen LogP contribution is 2.26. The fourth-order valence-electron chi connectivity index (χ4n) is 2.54. The minimum Gasteiger partial charge on any atom is -0.349 e. The number of carbonyl (C=O) groups is 1. The fraction of sp³-hybridized carbons (Fsp3) is 0.278. The lowest BCUT2D eigenvalue weighted by atomic mass is 10.1. The van der Waals surface area contributed by atoms with E-state index in [0.717, 1.165) is 16.4 Å². The first-order chi connectivity index (χ1) is 12.1. The van der Waals surface area contributed by atoms with Gasteiger partial charge in [-0.25, -0.2) is 4.98 Å². The molecule has 3 aromatic heterocycles. The van der Waals surface area contributed by atoms with Crippen molar-refractivity contribution in [3.63, 3.8) is 0 Å². The molecule has 0 spiro atoms. The molecule has 1 atom stereocenters. The van der Waals surface area contributed by atoms with Crippen LogP contribution in [0, 0.1) is 6.92 Å². The molecule has 0 aliphatic carbocycles. The highest BCUT2D eigenvalue weighted by Gasteiger charge is 2.20. The lowest BCUT2D eigenvalue weighted by molar-refractivity contribution is 0.0945. The predicted molar refractivity (Wildman–Crippen MR) is 103 cm³/mol. The average Bonchev–Trinajstić information content (AvgIpc) is 3.25. The second-order valence-corrected chi connectivity index (χ2v) is 7.67. The molecule has 0 aliphatic rings. The lowest BCUT2D eigenvalue weighted by Crippen LogP contribution is -2.34. The van der Waals surface area contributed by atoms with Crippen LogP contribution < -0.4 is 5.32 Å². The number of pyridine rings is 1. The third kappa shape index (κ3) is 4.12. The second kappa shape index (κ2) is 7.86. The lowest BCUT2D eigenvalue weighted by Gasteiger charge is -2.23. The van der Waals surface area contributed by atoms with Gasteiger partial charge in [-0.05, 0) is 55.5 Å². The summed E-state index contributed by atoms with van der Waals surface area (Å²) in [7, 11) is 4.04. The Hall–Kier alpha value is -2.09. The topological polar surface area (TPSA) is 58.1 Å². The van der Waals surface area contributed by atoms with Crippen LogP contribution in [0.1, 0.15) is 27.0 Å². The molecule has 0 radical (unpaired) electrons. The first kappa shape index (κ1) is 17.7. The van der Waals surface area contributed by atoms with Crippen molar-refractivity contribution in [3.05, 3.63) is 57.4 Å². The molecule has 3 aromatic rings. The maximum atomic E-state index is 12.6. The van der Waals surface area contributed by atoms with Gasteiger partial charge >= 0.3 is 0 Å². The van der Waals surface area contributed by atoms with Crippen LogP contribution in [0.4, 0.5) is 0 Å². The highest BCUT2D eigenvalue weighted by molar-refractivity contribution is 7.17. The molecule has 3 heterocycles. The molecule has 25 heavy (non-hydrogen) atoms. The summed E-state index contributed by atoms with van der Waals surface area (Å²) in [5.74, 6) is -0.0840. The third-order valence-electron chi connectivity index (χ3n) is 3.89. The van der Waals surface area contributed by atoms with E-state index in [-0.39, 0.29) is 11.9 Å². The van der Waals surface area contributed by atoms with E-state index in [1.165, 1.54) is 16.9 Å². The number of thiophene rings is 1. The third-order valence-corrected chi connectivity index (χ3v) is 5.77. The Morgan fingerprint density at radius 1 is 1.32 bits per heavy atom. The molecule has 0 saturated heterocycles. The Bertz CT molecular complexity index is 828. The smallest absolute Gasteiger partial charge is 0.263 e. The Balaban J connectivity index is 1.72. The van der Waals surface area contributed by atoms with Crippen LogP contribution in [0.15, 0.2) is 41.2 Å². The summed E-state index contributed by atoms with van der Waals surface area (Å²) in [6.45, 7) is 2.42. The number of likely N-dealkylation sites (N-methyl/N-ethyl adjacent to an activating group) is 1. The number of hydrogen-bond donors (Lipinski definition) is 1. The largest absolute Gasteiger partial charge is 0.349 e. The monoisotopic (exact) mass is 372 g/mol. The molecule has 1 N–H and O–H groups in total. The van der Waals surface area contributed by atoms with Crippen molar-refractivity contribution in [2.24, 2.45) is 0 Å². The van der Waals surface area contributed by atoms with E-state index in [1.807, 2.05) is 39.2 Å². The van der Waals surface area contributed by atoms with Crippen molar-refractivity contribution in [2.45, 2.75) is 13.0 Å². The molecule has 0 aromatic carbocycles.